The number of piperidine rings is 1. The van der Waals surface area contributed by atoms with Gasteiger partial charge in [0.2, 0.25) is 11.8 Å². The number of hydrogen-bond donors (Lipinski definition) is 0. The van der Waals surface area contributed by atoms with Gasteiger partial charge in [-0.15, -0.1) is 0 Å². The Balaban J connectivity index is 2.18. The van der Waals surface area contributed by atoms with E-state index in [4.69, 9.17) is 0 Å². The molecular weight excluding hydrogens is 292 g/mol. The number of rotatable bonds is 5. The Kier molecular flexibility index (Phi) is 4.91. The Morgan fingerprint density at radius 2 is 1.86 bits per heavy atom. The molecule has 2 saturated heterocycles. The SMILES string of the molecule is CCC1C(=O)N2CCCCC2C(=O)N1CCS(=O)(=O)CC. The molecular formula is C14H24N2O4S. The molecule has 0 aromatic heterocycles. The van der Waals surface area contributed by atoms with Crippen LogP contribution in [-0.2, 0) is 19.4 Å². The summed E-state index contributed by atoms with van der Waals surface area (Å²) in [6, 6.07) is -0.878. The van der Waals surface area contributed by atoms with E-state index in [1.807, 2.05) is 6.92 Å². The van der Waals surface area contributed by atoms with Gasteiger partial charge in [-0.3, -0.25) is 9.59 Å². The van der Waals surface area contributed by atoms with Gasteiger partial charge < -0.3 is 9.80 Å². The standard InChI is InChI=1S/C14H24N2O4S/c1-3-11-13(17)15-8-6-5-7-12(15)14(18)16(11)9-10-21(19,20)4-2/h11-12H,3-10H2,1-2H3. The largest absolute Gasteiger partial charge is 0.329 e. The van der Waals surface area contributed by atoms with Crippen molar-refractivity contribution in [3.63, 3.8) is 0 Å². The molecule has 21 heavy (non-hydrogen) atoms. The van der Waals surface area contributed by atoms with Crippen LogP contribution >= 0.6 is 0 Å². The van der Waals surface area contributed by atoms with Crippen LogP contribution in [0.5, 0.6) is 0 Å². The van der Waals surface area contributed by atoms with Gasteiger partial charge >= 0.3 is 0 Å². The molecule has 2 fully saturated rings. The fraction of sp³-hybridized carbons (Fsp3) is 0.857. The highest BCUT2D eigenvalue weighted by molar-refractivity contribution is 7.91. The van der Waals surface area contributed by atoms with Crippen molar-refractivity contribution in [1.82, 2.24) is 9.80 Å². The summed E-state index contributed by atoms with van der Waals surface area (Å²) in [4.78, 5) is 28.3. The number of amides is 2. The van der Waals surface area contributed by atoms with Crippen molar-refractivity contribution in [3.05, 3.63) is 0 Å². The molecule has 7 heteroatoms. The predicted molar refractivity (Wildman–Crippen MR) is 79.5 cm³/mol. The fourth-order valence-electron chi connectivity index (χ4n) is 3.16. The van der Waals surface area contributed by atoms with Crippen LogP contribution in [0.1, 0.15) is 39.5 Å². The number of hydrogen-bond acceptors (Lipinski definition) is 4. The molecule has 2 amide bonds. The van der Waals surface area contributed by atoms with E-state index in [-0.39, 0.29) is 35.9 Å². The van der Waals surface area contributed by atoms with Crippen molar-refractivity contribution >= 4 is 21.7 Å². The van der Waals surface area contributed by atoms with E-state index < -0.39 is 15.9 Å². The van der Waals surface area contributed by atoms with Crippen LogP contribution in [0, 0.1) is 0 Å². The molecule has 0 radical (unpaired) electrons. The van der Waals surface area contributed by atoms with Gasteiger partial charge in [0.1, 0.15) is 12.1 Å². The molecule has 0 aromatic rings. The van der Waals surface area contributed by atoms with Crippen molar-refractivity contribution in [2.75, 3.05) is 24.6 Å². The van der Waals surface area contributed by atoms with Crippen LogP contribution in [0.2, 0.25) is 0 Å². The van der Waals surface area contributed by atoms with Crippen LogP contribution in [0.3, 0.4) is 0 Å². The van der Waals surface area contributed by atoms with Crippen molar-refractivity contribution in [2.45, 2.75) is 51.6 Å². The molecule has 120 valence electrons. The van der Waals surface area contributed by atoms with Gasteiger partial charge in [0.15, 0.2) is 9.84 Å². The average Bonchev–Trinajstić information content (AvgIpc) is 2.49. The number of piperazine rings is 1. The van der Waals surface area contributed by atoms with Crippen LogP contribution in [0.4, 0.5) is 0 Å². The molecule has 2 aliphatic rings. The first kappa shape index (κ1) is 16.3. The second kappa shape index (κ2) is 6.34. The topological polar surface area (TPSA) is 74.8 Å². The third-order valence-corrected chi connectivity index (χ3v) is 6.17. The minimum absolute atomic E-state index is 0.0179. The van der Waals surface area contributed by atoms with Crippen LogP contribution in [0.15, 0.2) is 0 Å². The first-order valence-electron chi connectivity index (χ1n) is 7.72. The molecule has 0 aromatic carbocycles. The number of fused-ring (bicyclic) bond motifs is 1. The summed E-state index contributed by atoms with van der Waals surface area (Å²) < 4.78 is 23.3. The highest BCUT2D eigenvalue weighted by Crippen LogP contribution is 2.27. The molecule has 0 N–H and O–H groups in total. The molecule has 2 unspecified atom stereocenters. The summed E-state index contributed by atoms with van der Waals surface area (Å²) in [5, 5.41) is 0. The number of nitrogens with zero attached hydrogens (tertiary/aromatic N) is 2. The van der Waals surface area contributed by atoms with Crippen LogP contribution in [0.25, 0.3) is 0 Å². The van der Waals surface area contributed by atoms with Gasteiger partial charge in [0, 0.05) is 18.8 Å². The van der Waals surface area contributed by atoms with Gasteiger partial charge in [-0.25, -0.2) is 8.42 Å². The minimum atomic E-state index is -3.14. The van der Waals surface area contributed by atoms with Gasteiger partial charge in [-0.2, -0.15) is 0 Å². The van der Waals surface area contributed by atoms with Crippen molar-refractivity contribution < 1.29 is 18.0 Å². The quantitative estimate of drug-likeness (QED) is 0.737. The predicted octanol–water partition coefficient (Wildman–Crippen LogP) is 0.423. The van der Waals surface area contributed by atoms with Crippen LogP contribution in [-0.4, -0.2) is 66.7 Å². The third kappa shape index (κ3) is 3.22. The van der Waals surface area contributed by atoms with Gasteiger partial charge in [-0.05, 0) is 25.7 Å². The van der Waals surface area contributed by atoms with E-state index in [0.29, 0.717) is 19.4 Å². The molecule has 2 atom stereocenters. The first-order chi connectivity index (χ1) is 9.91. The highest BCUT2D eigenvalue weighted by Gasteiger charge is 2.45. The van der Waals surface area contributed by atoms with E-state index in [2.05, 4.69) is 0 Å². The normalized spacial score (nSPS) is 27.0. The van der Waals surface area contributed by atoms with E-state index in [1.54, 1.807) is 11.8 Å². The number of sulfone groups is 1. The number of carbonyl (C=O) groups is 2. The smallest absolute Gasteiger partial charge is 0.246 e. The molecule has 0 spiro atoms. The molecule has 0 saturated carbocycles. The van der Waals surface area contributed by atoms with E-state index in [9.17, 15) is 18.0 Å². The summed E-state index contributed by atoms with van der Waals surface area (Å²) in [5.41, 5.74) is 0. The summed E-state index contributed by atoms with van der Waals surface area (Å²) >= 11 is 0. The highest BCUT2D eigenvalue weighted by atomic mass is 32.2. The van der Waals surface area contributed by atoms with Gasteiger partial charge in [-0.1, -0.05) is 13.8 Å². The molecule has 2 heterocycles. The first-order valence-corrected chi connectivity index (χ1v) is 9.54. The average molecular weight is 316 g/mol. The summed E-state index contributed by atoms with van der Waals surface area (Å²) in [6.45, 7) is 4.23. The molecule has 0 bridgehead atoms. The molecule has 0 aliphatic carbocycles. The fourth-order valence-corrected chi connectivity index (χ4v) is 3.93. The Labute approximate surface area is 126 Å². The molecule has 6 nitrogen and oxygen atoms in total. The Morgan fingerprint density at radius 1 is 1.14 bits per heavy atom. The molecule has 2 aliphatic heterocycles. The Morgan fingerprint density at radius 3 is 2.48 bits per heavy atom. The second-order valence-corrected chi connectivity index (χ2v) is 8.21. The van der Waals surface area contributed by atoms with E-state index >= 15 is 0 Å². The maximum absolute atomic E-state index is 12.6. The van der Waals surface area contributed by atoms with Crippen molar-refractivity contribution in [1.29, 1.82) is 0 Å². The van der Waals surface area contributed by atoms with Gasteiger partial charge in [0.05, 0.1) is 5.75 Å². The lowest BCUT2D eigenvalue weighted by atomic mass is 9.94. The van der Waals surface area contributed by atoms with Gasteiger partial charge in [0.25, 0.3) is 0 Å². The number of carbonyl (C=O) groups excluding carboxylic acids is 2. The van der Waals surface area contributed by atoms with Crippen molar-refractivity contribution in [2.24, 2.45) is 0 Å². The molecule has 2 rings (SSSR count). The van der Waals surface area contributed by atoms with Crippen molar-refractivity contribution in [3.8, 4) is 0 Å². The lowest BCUT2D eigenvalue weighted by Crippen LogP contribution is -2.66. The monoisotopic (exact) mass is 316 g/mol. The zero-order chi connectivity index (χ0) is 15.6. The third-order valence-electron chi connectivity index (χ3n) is 4.49. The Hall–Kier alpha value is -1.11. The summed E-state index contributed by atoms with van der Waals surface area (Å²) in [7, 11) is -3.14. The van der Waals surface area contributed by atoms with E-state index in [0.717, 1.165) is 12.8 Å². The lowest BCUT2D eigenvalue weighted by Gasteiger charge is -2.46. The maximum Gasteiger partial charge on any atom is 0.246 e. The second-order valence-electron chi connectivity index (χ2n) is 5.74. The Bertz CT molecular complexity index is 517. The zero-order valence-electron chi connectivity index (χ0n) is 12.7. The summed E-state index contributed by atoms with van der Waals surface area (Å²) in [5.74, 6) is -0.0933. The van der Waals surface area contributed by atoms with E-state index in [1.165, 1.54) is 4.90 Å². The van der Waals surface area contributed by atoms with Crippen LogP contribution < -0.4 is 0 Å². The summed E-state index contributed by atoms with van der Waals surface area (Å²) in [6.07, 6.45) is 3.10. The lowest BCUT2D eigenvalue weighted by molar-refractivity contribution is -0.163. The minimum Gasteiger partial charge on any atom is -0.329 e. The maximum atomic E-state index is 12.6. The zero-order valence-corrected chi connectivity index (χ0v) is 13.6.